The van der Waals surface area contributed by atoms with Crippen LogP contribution in [-0.4, -0.2) is 32.2 Å². The summed E-state index contributed by atoms with van der Waals surface area (Å²) in [6.07, 6.45) is 8.91. The summed E-state index contributed by atoms with van der Waals surface area (Å²) in [4.78, 5) is 26.5. The van der Waals surface area contributed by atoms with Crippen LogP contribution in [0.25, 0.3) is 0 Å². The number of hydrogen-bond acceptors (Lipinski definition) is 6. The number of para-hydroxylation sites is 1. The Morgan fingerprint density at radius 1 is 1.15 bits per heavy atom. The Bertz CT molecular complexity index is 825. The number of methoxy groups -OCH3 is 2. The molecule has 1 aliphatic heterocycles. The van der Waals surface area contributed by atoms with Gasteiger partial charge < -0.3 is 19.7 Å². The standard InChI is InChI=1S/C19H19BrN2O4/c1-25-18(23)13-6-3-4-11-22(16(13)19(24)26-2)17-14(20)7-5-8-15(17)21-12-9-10-12/h3-8,11-12,21H,9-10H2,1-2H3. The highest BCUT2D eigenvalue weighted by atomic mass is 79.9. The van der Waals surface area contributed by atoms with Crippen LogP contribution >= 0.6 is 15.9 Å². The summed E-state index contributed by atoms with van der Waals surface area (Å²) < 4.78 is 10.6. The van der Waals surface area contributed by atoms with Crippen molar-refractivity contribution in [1.29, 1.82) is 0 Å². The Morgan fingerprint density at radius 2 is 1.88 bits per heavy atom. The van der Waals surface area contributed by atoms with Gasteiger partial charge in [0.2, 0.25) is 0 Å². The fraction of sp³-hybridized carbons (Fsp3) is 0.263. The second-order valence-electron chi connectivity index (χ2n) is 5.87. The van der Waals surface area contributed by atoms with Crippen LogP contribution in [0.1, 0.15) is 12.8 Å². The van der Waals surface area contributed by atoms with Crippen LogP contribution in [0.2, 0.25) is 0 Å². The van der Waals surface area contributed by atoms with E-state index in [1.165, 1.54) is 14.2 Å². The van der Waals surface area contributed by atoms with E-state index in [2.05, 4.69) is 21.2 Å². The summed E-state index contributed by atoms with van der Waals surface area (Å²) in [5, 5.41) is 3.46. The lowest BCUT2D eigenvalue weighted by atomic mass is 10.1. The molecular weight excluding hydrogens is 400 g/mol. The van der Waals surface area contributed by atoms with Crippen LogP contribution in [0.3, 0.4) is 0 Å². The summed E-state index contributed by atoms with van der Waals surface area (Å²) in [5.41, 5.74) is 1.80. The third kappa shape index (κ3) is 3.67. The van der Waals surface area contributed by atoms with Crippen molar-refractivity contribution >= 4 is 39.2 Å². The summed E-state index contributed by atoms with van der Waals surface area (Å²) >= 11 is 3.56. The largest absolute Gasteiger partial charge is 0.465 e. The molecule has 2 aliphatic rings. The maximum Gasteiger partial charge on any atom is 0.355 e. The highest BCUT2D eigenvalue weighted by molar-refractivity contribution is 9.10. The normalized spacial score (nSPS) is 16.3. The van der Waals surface area contributed by atoms with Crippen molar-refractivity contribution in [1.82, 2.24) is 0 Å². The first-order valence-corrected chi connectivity index (χ1v) is 8.96. The first-order valence-electron chi connectivity index (χ1n) is 8.17. The number of ether oxygens (including phenoxy) is 2. The number of nitrogens with one attached hydrogen (secondary N) is 1. The Morgan fingerprint density at radius 3 is 2.54 bits per heavy atom. The molecule has 26 heavy (non-hydrogen) atoms. The minimum Gasteiger partial charge on any atom is -0.465 e. The topological polar surface area (TPSA) is 67.9 Å². The number of benzene rings is 1. The van der Waals surface area contributed by atoms with Crippen molar-refractivity contribution in [3.05, 3.63) is 58.4 Å². The van der Waals surface area contributed by atoms with Crippen LogP contribution in [0.4, 0.5) is 11.4 Å². The Kier molecular flexibility index (Phi) is 5.46. The van der Waals surface area contributed by atoms with Gasteiger partial charge in [-0.3, -0.25) is 0 Å². The predicted octanol–water partition coefficient (Wildman–Crippen LogP) is 3.51. The Balaban J connectivity index is 2.18. The van der Waals surface area contributed by atoms with Gasteiger partial charge >= 0.3 is 11.9 Å². The van der Waals surface area contributed by atoms with Gasteiger partial charge in [-0.25, -0.2) is 9.59 Å². The van der Waals surface area contributed by atoms with E-state index < -0.39 is 11.9 Å². The number of hydrogen-bond donors (Lipinski definition) is 1. The lowest BCUT2D eigenvalue weighted by Crippen LogP contribution is -2.28. The SMILES string of the molecule is COC(=O)C1=C(C(=O)OC)N(c2c(Br)cccc2NC2CC2)C=CC=C1. The molecule has 1 fully saturated rings. The number of nitrogens with zero attached hydrogens (tertiary/aromatic N) is 1. The zero-order valence-electron chi connectivity index (χ0n) is 14.5. The molecule has 0 spiro atoms. The van der Waals surface area contributed by atoms with Crippen molar-refractivity contribution in [3.63, 3.8) is 0 Å². The van der Waals surface area contributed by atoms with Gasteiger partial charge in [0, 0.05) is 16.7 Å². The van der Waals surface area contributed by atoms with E-state index >= 15 is 0 Å². The molecule has 1 saturated carbocycles. The highest BCUT2D eigenvalue weighted by Gasteiger charge is 2.31. The van der Waals surface area contributed by atoms with Crippen molar-refractivity contribution in [2.45, 2.75) is 18.9 Å². The van der Waals surface area contributed by atoms with E-state index in [9.17, 15) is 9.59 Å². The van der Waals surface area contributed by atoms with Gasteiger partial charge in [0.15, 0.2) is 0 Å². The average Bonchev–Trinajstić information content (AvgIpc) is 3.47. The van der Waals surface area contributed by atoms with Gasteiger partial charge in [-0.15, -0.1) is 0 Å². The van der Waals surface area contributed by atoms with E-state index in [1.807, 2.05) is 18.2 Å². The van der Waals surface area contributed by atoms with E-state index in [1.54, 1.807) is 29.3 Å². The first kappa shape index (κ1) is 18.3. The van der Waals surface area contributed by atoms with Crippen LogP contribution < -0.4 is 10.2 Å². The predicted molar refractivity (Wildman–Crippen MR) is 103 cm³/mol. The molecule has 0 aromatic heterocycles. The second kappa shape index (κ2) is 7.78. The van der Waals surface area contributed by atoms with Gasteiger partial charge in [0.1, 0.15) is 5.70 Å². The van der Waals surface area contributed by atoms with Gasteiger partial charge in [-0.1, -0.05) is 12.1 Å². The quantitative estimate of drug-likeness (QED) is 0.737. The smallest absolute Gasteiger partial charge is 0.355 e. The third-order valence-corrected chi connectivity index (χ3v) is 4.69. The first-order chi connectivity index (χ1) is 12.6. The molecule has 0 bridgehead atoms. The van der Waals surface area contributed by atoms with Crippen molar-refractivity contribution in [2.24, 2.45) is 0 Å². The Hall–Kier alpha value is -2.54. The third-order valence-electron chi connectivity index (χ3n) is 4.05. The van der Waals surface area contributed by atoms with E-state index in [4.69, 9.17) is 9.47 Å². The molecule has 1 aromatic carbocycles. The molecule has 1 N–H and O–H groups in total. The van der Waals surface area contributed by atoms with Gasteiger partial charge in [0.25, 0.3) is 0 Å². The molecule has 0 saturated heterocycles. The molecule has 1 aromatic rings. The summed E-state index contributed by atoms with van der Waals surface area (Å²) in [5.74, 6) is -1.24. The maximum atomic E-state index is 12.6. The van der Waals surface area contributed by atoms with Crippen LogP contribution in [0.15, 0.2) is 58.4 Å². The van der Waals surface area contributed by atoms with Gasteiger partial charge in [0.05, 0.1) is 31.2 Å². The number of halogens is 1. The number of rotatable bonds is 5. The number of esters is 2. The average molecular weight is 419 g/mol. The molecule has 1 aliphatic carbocycles. The molecule has 0 atom stereocenters. The summed E-state index contributed by atoms with van der Waals surface area (Å²) in [7, 11) is 2.56. The number of anilines is 2. The van der Waals surface area contributed by atoms with E-state index in [0.29, 0.717) is 6.04 Å². The lowest BCUT2D eigenvalue weighted by molar-refractivity contribution is -0.139. The second-order valence-corrected chi connectivity index (χ2v) is 6.73. The molecule has 7 heteroatoms. The van der Waals surface area contributed by atoms with E-state index in [0.717, 1.165) is 28.7 Å². The zero-order valence-corrected chi connectivity index (χ0v) is 16.1. The molecular formula is C19H19BrN2O4. The minimum absolute atomic E-state index is 0.0927. The fourth-order valence-corrected chi connectivity index (χ4v) is 3.22. The molecule has 136 valence electrons. The van der Waals surface area contributed by atoms with Crippen LogP contribution in [0.5, 0.6) is 0 Å². The monoisotopic (exact) mass is 418 g/mol. The van der Waals surface area contributed by atoms with E-state index in [-0.39, 0.29) is 11.3 Å². The number of allylic oxidation sites excluding steroid dienone is 2. The molecule has 6 nitrogen and oxygen atoms in total. The fourth-order valence-electron chi connectivity index (χ4n) is 2.66. The van der Waals surface area contributed by atoms with Crippen molar-refractivity contribution in [2.75, 3.05) is 24.4 Å². The molecule has 3 rings (SSSR count). The van der Waals surface area contributed by atoms with Gasteiger partial charge in [-0.2, -0.15) is 0 Å². The van der Waals surface area contributed by atoms with Crippen LogP contribution in [0, 0.1) is 0 Å². The molecule has 0 radical (unpaired) electrons. The Labute approximate surface area is 160 Å². The van der Waals surface area contributed by atoms with Crippen LogP contribution in [-0.2, 0) is 19.1 Å². The zero-order chi connectivity index (χ0) is 18.7. The molecule has 1 heterocycles. The van der Waals surface area contributed by atoms with Crippen molar-refractivity contribution < 1.29 is 19.1 Å². The molecule has 0 amide bonds. The number of carbonyl (C=O) groups is 2. The summed E-state index contributed by atoms with van der Waals surface area (Å²) in [6, 6.07) is 6.16. The van der Waals surface area contributed by atoms with Crippen molar-refractivity contribution in [3.8, 4) is 0 Å². The lowest BCUT2D eigenvalue weighted by Gasteiger charge is -2.26. The minimum atomic E-state index is -0.630. The highest BCUT2D eigenvalue weighted by Crippen LogP contribution is 2.40. The maximum absolute atomic E-state index is 12.6. The van der Waals surface area contributed by atoms with Gasteiger partial charge in [-0.05, 0) is 53.1 Å². The summed E-state index contributed by atoms with van der Waals surface area (Å²) in [6.45, 7) is 0. The molecule has 0 unspecified atom stereocenters. The number of carbonyl (C=O) groups excluding carboxylic acids is 2.